The quantitative estimate of drug-likeness (QED) is 0.617. The average molecular weight is 293 g/mol. The molecular weight excluding hydrogens is 270 g/mol. The van der Waals surface area contributed by atoms with Crippen molar-refractivity contribution in [2.45, 2.75) is 34.1 Å². The number of aromatic nitrogens is 1. The molecule has 5 nitrogen and oxygen atoms in total. The van der Waals surface area contributed by atoms with Gasteiger partial charge in [-0.15, -0.1) is 0 Å². The van der Waals surface area contributed by atoms with E-state index in [0.29, 0.717) is 24.3 Å². The number of pyridine rings is 1. The number of hydrogen-bond donors (Lipinski definition) is 0. The largest absolute Gasteiger partial charge is 0.496 e. The zero-order valence-electron chi connectivity index (χ0n) is 13.3. The van der Waals surface area contributed by atoms with E-state index in [1.165, 1.54) is 13.3 Å². The Morgan fingerprint density at radius 1 is 1.33 bits per heavy atom. The van der Waals surface area contributed by atoms with E-state index >= 15 is 0 Å². The number of carbonyl (C=O) groups is 2. The van der Waals surface area contributed by atoms with Crippen LogP contribution in [-0.4, -0.2) is 30.5 Å². The number of rotatable bonds is 5. The van der Waals surface area contributed by atoms with Gasteiger partial charge in [0, 0.05) is 23.9 Å². The minimum Gasteiger partial charge on any atom is -0.496 e. The second kappa shape index (κ2) is 7.76. The van der Waals surface area contributed by atoms with Crippen LogP contribution in [0.4, 0.5) is 0 Å². The van der Waals surface area contributed by atoms with Gasteiger partial charge in [0.2, 0.25) is 0 Å². The van der Waals surface area contributed by atoms with E-state index in [4.69, 9.17) is 9.47 Å². The predicted octanol–water partition coefficient (Wildman–Crippen LogP) is 2.81. The highest BCUT2D eigenvalue weighted by Gasteiger charge is 2.49. The smallest absolute Gasteiger partial charge is 0.309 e. The van der Waals surface area contributed by atoms with Crippen molar-refractivity contribution in [1.82, 2.24) is 4.98 Å². The van der Waals surface area contributed by atoms with Crippen LogP contribution >= 0.6 is 0 Å². The van der Waals surface area contributed by atoms with Crippen molar-refractivity contribution >= 4 is 11.8 Å². The van der Waals surface area contributed by atoms with Gasteiger partial charge < -0.3 is 9.47 Å². The summed E-state index contributed by atoms with van der Waals surface area (Å²) in [6.45, 7) is 7.92. The van der Waals surface area contributed by atoms with E-state index < -0.39 is 0 Å². The molecule has 0 amide bonds. The fourth-order valence-electron chi connectivity index (χ4n) is 2.08. The fraction of sp³-hybridized carbons (Fsp3) is 0.562. The van der Waals surface area contributed by atoms with Crippen molar-refractivity contribution in [3.63, 3.8) is 0 Å². The Morgan fingerprint density at radius 3 is 2.57 bits per heavy atom. The first-order valence-corrected chi connectivity index (χ1v) is 7.30. The Bertz CT molecular complexity index is 513. The number of Topliss-reactive ketones (excluding diaryl/α,β-unsaturated/α-hetero) is 1. The molecule has 2 rings (SSSR count). The normalized spacial score (nSPS) is 19.1. The predicted molar refractivity (Wildman–Crippen MR) is 79.4 cm³/mol. The number of hydrogen-bond acceptors (Lipinski definition) is 5. The van der Waals surface area contributed by atoms with E-state index in [1.54, 1.807) is 13.0 Å². The minimum atomic E-state index is -0.307. The van der Waals surface area contributed by atoms with Crippen LogP contribution in [0.25, 0.3) is 0 Å². The van der Waals surface area contributed by atoms with E-state index in [2.05, 4.69) is 4.98 Å². The van der Waals surface area contributed by atoms with Crippen LogP contribution in [-0.2, 0) is 9.53 Å². The second-order valence-electron chi connectivity index (χ2n) is 4.59. The molecule has 0 aliphatic heterocycles. The van der Waals surface area contributed by atoms with Crippen LogP contribution in [0, 0.1) is 18.8 Å². The summed E-state index contributed by atoms with van der Waals surface area (Å²) in [5.74, 6) is -0.481. The van der Waals surface area contributed by atoms with Crippen molar-refractivity contribution in [3.05, 3.63) is 23.5 Å². The van der Waals surface area contributed by atoms with Gasteiger partial charge in [0.25, 0.3) is 0 Å². The van der Waals surface area contributed by atoms with Gasteiger partial charge in [0.15, 0.2) is 5.78 Å². The molecule has 2 atom stereocenters. The standard InChI is InChI=1S/C14H17NO4.C2H6/c1-4-19-14(17)10-6-9(10)13(16)11-7-15-8(2)5-12(11)18-3;1-2/h5,7,9-10H,4,6H2,1-3H3;1-2H3. The first kappa shape index (κ1) is 17.1. The van der Waals surface area contributed by atoms with Gasteiger partial charge in [-0.25, -0.2) is 0 Å². The fourth-order valence-corrected chi connectivity index (χ4v) is 2.08. The molecule has 21 heavy (non-hydrogen) atoms. The summed E-state index contributed by atoms with van der Waals surface area (Å²) >= 11 is 0. The number of aryl methyl sites for hydroxylation is 1. The van der Waals surface area contributed by atoms with Gasteiger partial charge in [0.05, 0.1) is 25.2 Å². The summed E-state index contributed by atoms with van der Waals surface area (Å²) < 4.78 is 10.1. The molecule has 0 radical (unpaired) electrons. The number of ketones is 1. The third kappa shape index (κ3) is 4.03. The molecule has 0 aromatic carbocycles. The summed E-state index contributed by atoms with van der Waals surface area (Å²) in [5, 5.41) is 0. The lowest BCUT2D eigenvalue weighted by atomic mass is 10.1. The molecule has 0 spiro atoms. The molecule has 0 N–H and O–H groups in total. The molecule has 1 aromatic rings. The van der Waals surface area contributed by atoms with Crippen LogP contribution in [0.2, 0.25) is 0 Å². The van der Waals surface area contributed by atoms with Gasteiger partial charge in [-0.2, -0.15) is 0 Å². The van der Waals surface area contributed by atoms with Crippen LogP contribution < -0.4 is 4.74 Å². The van der Waals surface area contributed by atoms with Gasteiger partial charge in [-0.1, -0.05) is 13.8 Å². The molecule has 1 saturated carbocycles. The Hall–Kier alpha value is -1.91. The Balaban J connectivity index is 0.00000106. The SMILES string of the molecule is CC.CCOC(=O)C1CC1C(=O)c1cnc(C)cc1OC. The second-order valence-corrected chi connectivity index (χ2v) is 4.59. The van der Waals surface area contributed by atoms with Gasteiger partial charge in [0.1, 0.15) is 5.75 Å². The van der Waals surface area contributed by atoms with Crippen molar-refractivity contribution < 1.29 is 19.1 Å². The maximum atomic E-state index is 12.3. The van der Waals surface area contributed by atoms with E-state index in [0.717, 1.165) is 5.69 Å². The first-order valence-electron chi connectivity index (χ1n) is 7.30. The molecule has 1 aromatic heterocycles. The summed E-state index contributed by atoms with van der Waals surface area (Å²) in [6.07, 6.45) is 2.06. The summed E-state index contributed by atoms with van der Waals surface area (Å²) in [7, 11) is 1.52. The maximum Gasteiger partial charge on any atom is 0.309 e. The van der Waals surface area contributed by atoms with Crippen LogP contribution in [0.3, 0.4) is 0 Å². The molecule has 1 heterocycles. The highest BCUT2D eigenvalue weighted by Crippen LogP contribution is 2.43. The average Bonchev–Trinajstić information content (AvgIpc) is 3.29. The molecule has 5 heteroatoms. The van der Waals surface area contributed by atoms with E-state index in [9.17, 15) is 9.59 Å². The monoisotopic (exact) mass is 293 g/mol. The lowest BCUT2D eigenvalue weighted by molar-refractivity contribution is -0.144. The zero-order valence-corrected chi connectivity index (χ0v) is 13.3. The number of nitrogens with zero attached hydrogens (tertiary/aromatic N) is 1. The number of esters is 1. The van der Waals surface area contributed by atoms with Gasteiger partial charge in [-0.05, 0) is 20.3 Å². The van der Waals surface area contributed by atoms with Crippen LogP contribution in [0.1, 0.15) is 43.2 Å². The third-order valence-electron chi connectivity index (χ3n) is 3.20. The number of ether oxygens (including phenoxy) is 2. The highest BCUT2D eigenvalue weighted by molar-refractivity contribution is 6.04. The third-order valence-corrected chi connectivity index (χ3v) is 3.20. The van der Waals surface area contributed by atoms with Crippen molar-refractivity contribution in [2.75, 3.05) is 13.7 Å². The first-order chi connectivity index (χ1) is 10.1. The maximum absolute atomic E-state index is 12.3. The molecule has 0 saturated heterocycles. The van der Waals surface area contributed by atoms with Crippen molar-refractivity contribution in [1.29, 1.82) is 0 Å². The number of carbonyl (C=O) groups excluding carboxylic acids is 2. The number of methoxy groups -OCH3 is 1. The Kier molecular flexibility index (Phi) is 6.34. The van der Waals surface area contributed by atoms with Crippen LogP contribution in [0.15, 0.2) is 12.3 Å². The molecule has 2 unspecified atom stereocenters. The molecule has 1 fully saturated rings. The molecule has 0 bridgehead atoms. The lowest BCUT2D eigenvalue weighted by Gasteiger charge is -2.07. The van der Waals surface area contributed by atoms with E-state index in [-0.39, 0.29) is 23.6 Å². The Morgan fingerprint density at radius 2 is 2.00 bits per heavy atom. The molecule has 1 aliphatic carbocycles. The Labute approximate surface area is 125 Å². The van der Waals surface area contributed by atoms with Gasteiger partial charge >= 0.3 is 5.97 Å². The van der Waals surface area contributed by atoms with Crippen molar-refractivity contribution in [3.8, 4) is 5.75 Å². The minimum absolute atomic E-state index is 0.0950. The molecule has 1 aliphatic rings. The zero-order chi connectivity index (χ0) is 16.0. The molecular formula is C16H23NO4. The lowest BCUT2D eigenvalue weighted by Crippen LogP contribution is -2.13. The summed E-state index contributed by atoms with van der Waals surface area (Å²) in [4.78, 5) is 27.9. The van der Waals surface area contributed by atoms with E-state index in [1.807, 2.05) is 20.8 Å². The van der Waals surface area contributed by atoms with Crippen LogP contribution in [0.5, 0.6) is 5.75 Å². The van der Waals surface area contributed by atoms with Gasteiger partial charge in [-0.3, -0.25) is 14.6 Å². The summed E-state index contributed by atoms with van der Waals surface area (Å²) in [6, 6.07) is 1.72. The topological polar surface area (TPSA) is 65.5 Å². The summed E-state index contributed by atoms with van der Waals surface area (Å²) in [5.41, 5.74) is 1.22. The molecule has 116 valence electrons. The van der Waals surface area contributed by atoms with Crippen molar-refractivity contribution in [2.24, 2.45) is 11.8 Å². The highest BCUT2D eigenvalue weighted by atomic mass is 16.5.